The van der Waals surface area contributed by atoms with Crippen LogP contribution in [0.25, 0.3) is 0 Å². The molecule has 1 rings (SSSR count). The van der Waals surface area contributed by atoms with Crippen molar-refractivity contribution >= 4 is 11.3 Å². The Labute approximate surface area is 109 Å². The molecule has 17 heavy (non-hydrogen) atoms. The summed E-state index contributed by atoms with van der Waals surface area (Å²) in [7, 11) is 4.18. The van der Waals surface area contributed by atoms with Crippen LogP contribution in [0.3, 0.4) is 0 Å². The Bertz CT molecular complexity index is 331. The zero-order valence-corrected chi connectivity index (χ0v) is 12.5. The highest BCUT2D eigenvalue weighted by molar-refractivity contribution is 7.11. The maximum absolute atomic E-state index is 4.77. The van der Waals surface area contributed by atoms with E-state index in [0.717, 1.165) is 19.6 Å². The smallest absolute Gasteiger partial charge is 0.107 e. The molecule has 0 spiro atoms. The van der Waals surface area contributed by atoms with E-state index in [1.807, 2.05) is 11.3 Å². The summed E-state index contributed by atoms with van der Waals surface area (Å²) in [6.07, 6.45) is 1.18. The molecule has 0 aliphatic heterocycles. The van der Waals surface area contributed by atoms with Crippen LogP contribution in [0.4, 0.5) is 0 Å². The third-order valence-electron chi connectivity index (χ3n) is 2.48. The summed E-state index contributed by atoms with van der Waals surface area (Å²) in [5, 5.41) is 4.70. The van der Waals surface area contributed by atoms with E-state index in [9.17, 15) is 0 Å². The monoisotopic (exact) mass is 255 g/mol. The standard InChI is InChI=1S/C13H25N3S/c1-6-7-14-8-11-13(10(2)3)15-12(17-11)9-16(4)5/h10,14H,6-9H2,1-5H3. The first-order valence-corrected chi connectivity index (χ1v) is 7.20. The van der Waals surface area contributed by atoms with Gasteiger partial charge in [-0.25, -0.2) is 4.98 Å². The van der Waals surface area contributed by atoms with Gasteiger partial charge in [0.1, 0.15) is 5.01 Å². The largest absolute Gasteiger partial charge is 0.312 e. The van der Waals surface area contributed by atoms with Gasteiger partial charge in [0.05, 0.1) is 5.69 Å². The number of thiazole rings is 1. The van der Waals surface area contributed by atoms with Crippen molar-refractivity contribution in [2.75, 3.05) is 20.6 Å². The number of rotatable bonds is 7. The minimum Gasteiger partial charge on any atom is -0.312 e. The number of nitrogens with zero attached hydrogens (tertiary/aromatic N) is 2. The molecule has 0 aliphatic rings. The number of hydrogen-bond donors (Lipinski definition) is 1. The molecule has 1 N–H and O–H groups in total. The molecule has 0 saturated heterocycles. The first-order chi connectivity index (χ1) is 8.04. The van der Waals surface area contributed by atoms with Crippen molar-refractivity contribution in [3.63, 3.8) is 0 Å². The summed E-state index contributed by atoms with van der Waals surface area (Å²) in [5.74, 6) is 0.514. The Morgan fingerprint density at radius 2 is 2.06 bits per heavy atom. The van der Waals surface area contributed by atoms with Crippen LogP contribution >= 0.6 is 11.3 Å². The molecule has 0 amide bonds. The molecule has 1 aromatic rings. The predicted molar refractivity (Wildman–Crippen MR) is 75.6 cm³/mol. The van der Waals surface area contributed by atoms with Crippen LogP contribution in [0, 0.1) is 0 Å². The Morgan fingerprint density at radius 3 is 2.59 bits per heavy atom. The number of aromatic nitrogens is 1. The molecular formula is C13H25N3S. The molecule has 0 aromatic carbocycles. The summed E-state index contributed by atoms with van der Waals surface area (Å²) in [6.45, 7) is 9.62. The van der Waals surface area contributed by atoms with Gasteiger partial charge < -0.3 is 10.2 Å². The molecule has 0 atom stereocenters. The Kier molecular flexibility index (Phi) is 6.09. The van der Waals surface area contributed by atoms with E-state index in [1.165, 1.54) is 22.0 Å². The van der Waals surface area contributed by atoms with Gasteiger partial charge in [0, 0.05) is 18.0 Å². The van der Waals surface area contributed by atoms with E-state index >= 15 is 0 Å². The van der Waals surface area contributed by atoms with Crippen molar-refractivity contribution in [3.8, 4) is 0 Å². The van der Waals surface area contributed by atoms with E-state index in [0.29, 0.717) is 5.92 Å². The molecular weight excluding hydrogens is 230 g/mol. The lowest BCUT2D eigenvalue weighted by atomic mass is 10.1. The van der Waals surface area contributed by atoms with Crippen LogP contribution in [-0.2, 0) is 13.1 Å². The van der Waals surface area contributed by atoms with E-state index in [2.05, 4.69) is 45.1 Å². The molecule has 1 heterocycles. The fraction of sp³-hybridized carbons (Fsp3) is 0.769. The van der Waals surface area contributed by atoms with Gasteiger partial charge in [0.25, 0.3) is 0 Å². The van der Waals surface area contributed by atoms with Crippen LogP contribution in [0.15, 0.2) is 0 Å². The topological polar surface area (TPSA) is 28.2 Å². The normalized spacial score (nSPS) is 11.7. The van der Waals surface area contributed by atoms with Gasteiger partial charge in [-0.15, -0.1) is 11.3 Å². The predicted octanol–water partition coefficient (Wildman–Crippen LogP) is 2.83. The number of nitrogens with one attached hydrogen (secondary N) is 1. The van der Waals surface area contributed by atoms with Crippen LogP contribution in [0.5, 0.6) is 0 Å². The fourth-order valence-corrected chi connectivity index (χ4v) is 3.02. The van der Waals surface area contributed by atoms with Crippen molar-refractivity contribution in [1.29, 1.82) is 0 Å². The second kappa shape index (κ2) is 7.09. The van der Waals surface area contributed by atoms with E-state index in [4.69, 9.17) is 4.98 Å². The Hall–Kier alpha value is -0.450. The molecule has 0 saturated carbocycles. The van der Waals surface area contributed by atoms with Gasteiger partial charge in [0.2, 0.25) is 0 Å². The maximum atomic E-state index is 4.77. The summed E-state index contributed by atoms with van der Waals surface area (Å²) < 4.78 is 0. The summed E-state index contributed by atoms with van der Waals surface area (Å²) in [4.78, 5) is 8.35. The second-order valence-corrected chi connectivity index (χ2v) is 6.15. The van der Waals surface area contributed by atoms with Crippen LogP contribution in [0.2, 0.25) is 0 Å². The average Bonchev–Trinajstić information content (AvgIpc) is 2.60. The Balaban J connectivity index is 2.74. The molecule has 0 fully saturated rings. The molecule has 98 valence electrons. The van der Waals surface area contributed by atoms with Gasteiger partial charge in [-0.05, 0) is 33.0 Å². The lowest BCUT2D eigenvalue weighted by Gasteiger charge is -2.06. The molecule has 1 aromatic heterocycles. The summed E-state index contributed by atoms with van der Waals surface area (Å²) >= 11 is 1.85. The van der Waals surface area contributed by atoms with Gasteiger partial charge in [0.15, 0.2) is 0 Å². The first kappa shape index (κ1) is 14.6. The third-order valence-corrected chi connectivity index (χ3v) is 3.54. The van der Waals surface area contributed by atoms with Crippen LogP contribution in [0.1, 0.15) is 48.7 Å². The quantitative estimate of drug-likeness (QED) is 0.759. The van der Waals surface area contributed by atoms with E-state index < -0.39 is 0 Å². The lowest BCUT2D eigenvalue weighted by Crippen LogP contribution is -2.14. The van der Waals surface area contributed by atoms with Crippen LogP contribution < -0.4 is 5.32 Å². The van der Waals surface area contributed by atoms with Gasteiger partial charge in [-0.3, -0.25) is 0 Å². The number of hydrogen-bond acceptors (Lipinski definition) is 4. The third kappa shape index (κ3) is 4.74. The highest BCUT2D eigenvalue weighted by Crippen LogP contribution is 2.25. The molecule has 0 unspecified atom stereocenters. The van der Waals surface area contributed by atoms with Gasteiger partial charge in [-0.1, -0.05) is 20.8 Å². The highest BCUT2D eigenvalue weighted by atomic mass is 32.1. The van der Waals surface area contributed by atoms with Crippen LogP contribution in [-0.4, -0.2) is 30.5 Å². The van der Waals surface area contributed by atoms with Crippen molar-refractivity contribution in [1.82, 2.24) is 15.2 Å². The zero-order chi connectivity index (χ0) is 12.8. The minimum absolute atomic E-state index is 0.514. The van der Waals surface area contributed by atoms with E-state index in [1.54, 1.807) is 0 Å². The molecule has 0 bridgehead atoms. The molecule has 0 radical (unpaired) electrons. The molecule has 3 nitrogen and oxygen atoms in total. The van der Waals surface area contributed by atoms with Crippen molar-refractivity contribution < 1.29 is 0 Å². The lowest BCUT2D eigenvalue weighted by molar-refractivity contribution is 0.401. The first-order valence-electron chi connectivity index (χ1n) is 6.38. The SMILES string of the molecule is CCCNCc1sc(CN(C)C)nc1C(C)C. The highest BCUT2D eigenvalue weighted by Gasteiger charge is 2.14. The maximum Gasteiger partial charge on any atom is 0.107 e. The molecule has 4 heteroatoms. The van der Waals surface area contributed by atoms with Crippen molar-refractivity contribution in [3.05, 3.63) is 15.6 Å². The fourth-order valence-electron chi connectivity index (χ4n) is 1.71. The second-order valence-electron chi connectivity index (χ2n) is 4.99. The minimum atomic E-state index is 0.514. The zero-order valence-electron chi connectivity index (χ0n) is 11.7. The molecule has 0 aliphatic carbocycles. The summed E-state index contributed by atoms with van der Waals surface area (Å²) in [5.41, 5.74) is 1.27. The van der Waals surface area contributed by atoms with Gasteiger partial charge in [-0.2, -0.15) is 0 Å². The summed E-state index contributed by atoms with van der Waals surface area (Å²) in [6, 6.07) is 0. The van der Waals surface area contributed by atoms with E-state index in [-0.39, 0.29) is 0 Å². The van der Waals surface area contributed by atoms with Crippen molar-refractivity contribution in [2.45, 2.75) is 46.2 Å². The van der Waals surface area contributed by atoms with Crippen molar-refractivity contribution in [2.24, 2.45) is 0 Å². The average molecular weight is 255 g/mol. The van der Waals surface area contributed by atoms with Gasteiger partial charge >= 0.3 is 0 Å². The Morgan fingerprint density at radius 1 is 1.35 bits per heavy atom.